The smallest absolute Gasteiger partial charge is 0.254 e. The highest BCUT2D eigenvalue weighted by Crippen LogP contribution is 2.30. The Labute approximate surface area is 240 Å². The van der Waals surface area contributed by atoms with Crippen molar-refractivity contribution in [2.75, 3.05) is 7.05 Å². The lowest BCUT2D eigenvalue weighted by Crippen LogP contribution is -2.33. The highest BCUT2D eigenvalue weighted by Gasteiger charge is 2.23. The van der Waals surface area contributed by atoms with Gasteiger partial charge >= 0.3 is 0 Å². The molecule has 0 radical (unpaired) electrons. The summed E-state index contributed by atoms with van der Waals surface area (Å²) >= 11 is 0. The van der Waals surface area contributed by atoms with Gasteiger partial charge in [0, 0.05) is 42.8 Å². The summed E-state index contributed by atoms with van der Waals surface area (Å²) in [5.74, 6) is -2.60. The lowest BCUT2D eigenvalue weighted by atomic mass is 9.94. The predicted octanol–water partition coefficient (Wildman–Crippen LogP) is 5.49. The number of pyridine rings is 1. The van der Waals surface area contributed by atoms with E-state index in [1.807, 2.05) is 30.3 Å². The molecule has 0 aliphatic heterocycles. The molecule has 2 aromatic heterocycles. The number of carbonyl (C=O) groups excluding carboxylic acids is 2. The molecular formula is C32H26F3N5O2. The number of hydrogen-bond acceptors (Lipinski definition) is 4. The third-order valence-electron chi connectivity index (χ3n) is 6.68. The van der Waals surface area contributed by atoms with Crippen LogP contribution in [0.4, 0.5) is 13.2 Å². The molecule has 0 saturated carbocycles. The highest BCUT2D eigenvalue weighted by molar-refractivity contribution is 5.95. The zero-order chi connectivity index (χ0) is 29.6. The minimum Gasteiger partial charge on any atom is -0.355 e. The summed E-state index contributed by atoms with van der Waals surface area (Å²) in [5, 5.41) is 5.37. The van der Waals surface area contributed by atoms with Crippen molar-refractivity contribution in [3.05, 3.63) is 132 Å². The number of hydrogen-bond donors (Lipinski definition) is 2. The summed E-state index contributed by atoms with van der Waals surface area (Å²) in [5.41, 5.74) is 2.33. The van der Waals surface area contributed by atoms with Crippen molar-refractivity contribution in [1.29, 1.82) is 0 Å². The molecule has 2 N–H and O–H groups in total. The van der Waals surface area contributed by atoms with Gasteiger partial charge in [-0.05, 0) is 47.9 Å². The molecule has 2 amide bonds. The first-order chi connectivity index (χ1) is 20.3. The van der Waals surface area contributed by atoms with E-state index in [4.69, 9.17) is 0 Å². The van der Waals surface area contributed by atoms with Crippen LogP contribution in [-0.2, 0) is 17.8 Å². The van der Waals surface area contributed by atoms with Gasteiger partial charge in [0.05, 0.1) is 17.3 Å². The lowest BCUT2D eigenvalue weighted by Gasteiger charge is -2.22. The number of nitrogens with one attached hydrogen (secondary N) is 2. The Morgan fingerprint density at radius 3 is 2.36 bits per heavy atom. The van der Waals surface area contributed by atoms with Crippen LogP contribution in [-0.4, -0.2) is 33.4 Å². The van der Waals surface area contributed by atoms with E-state index in [0.717, 1.165) is 11.6 Å². The van der Waals surface area contributed by atoms with Gasteiger partial charge in [-0.1, -0.05) is 42.5 Å². The van der Waals surface area contributed by atoms with Gasteiger partial charge in [0.2, 0.25) is 5.91 Å². The monoisotopic (exact) mass is 569 g/mol. The largest absolute Gasteiger partial charge is 0.355 e. The fourth-order valence-corrected chi connectivity index (χ4v) is 4.80. The molecule has 5 aromatic rings. The third kappa shape index (κ3) is 6.38. The minimum absolute atomic E-state index is 0.00338. The molecule has 42 heavy (non-hydrogen) atoms. The minimum atomic E-state index is -0.841. The molecule has 1 atom stereocenters. The summed E-state index contributed by atoms with van der Waals surface area (Å²) in [4.78, 5) is 34.6. The number of nitrogens with zero attached hydrogens (tertiary/aromatic N) is 3. The second-order valence-electron chi connectivity index (χ2n) is 9.56. The first-order valence-corrected chi connectivity index (χ1v) is 13.1. The molecule has 0 aliphatic carbocycles. The SMILES string of the molecule is CNC(=O)c1cc(-c2cccnc2[C@H](Cc2cc(F)cc(F)c2)NC(=O)Cn2ccnc2-c2ccccc2)ccc1F. The van der Waals surface area contributed by atoms with E-state index in [1.54, 1.807) is 29.1 Å². The molecule has 2 heterocycles. The van der Waals surface area contributed by atoms with Gasteiger partial charge in [0.25, 0.3) is 5.91 Å². The van der Waals surface area contributed by atoms with Crippen LogP contribution in [0.25, 0.3) is 22.5 Å². The molecule has 5 rings (SSSR count). The lowest BCUT2D eigenvalue weighted by molar-refractivity contribution is -0.122. The number of amides is 2. The number of carbonyl (C=O) groups is 2. The Balaban J connectivity index is 1.51. The average Bonchev–Trinajstić information content (AvgIpc) is 3.44. The second kappa shape index (κ2) is 12.5. The topological polar surface area (TPSA) is 88.9 Å². The van der Waals surface area contributed by atoms with Gasteiger partial charge in [-0.2, -0.15) is 0 Å². The Kier molecular flexibility index (Phi) is 8.42. The van der Waals surface area contributed by atoms with Crippen molar-refractivity contribution < 1.29 is 22.8 Å². The van der Waals surface area contributed by atoms with Gasteiger partial charge in [0.1, 0.15) is 29.8 Å². The van der Waals surface area contributed by atoms with Crippen LogP contribution >= 0.6 is 0 Å². The van der Waals surface area contributed by atoms with E-state index < -0.39 is 35.3 Å². The first kappa shape index (κ1) is 28.3. The van der Waals surface area contributed by atoms with Crippen LogP contribution < -0.4 is 10.6 Å². The molecular weight excluding hydrogens is 543 g/mol. The zero-order valence-electron chi connectivity index (χ0n) is 22.5. The summed E-state index contributed by atoms with van der Waals surface area (Å²) in [6, 6.07) is 19.2. The van der Waals surface area contributed by atoms with Crippen molar-refractivity contribution in [1.82, 2.24) is 25.2 Å². The number of rotatable bonds is 9. The average molecular weight is 570 g/mol. The number of imidazole rings is 1. The summed E-state index contributed by atoms with van der Waals surface area (Å²) in [6.07, 6.45) is 4.81. The van der Waals surface area contributed by atoms with E-state index in [-0.39, 0.29) is 18.5 Å². The van der Waals surface area contributed by atoms with Crippen molar-refractivity contribution in [3.8, 4) is 22.5 Å². The second-order valence-corrected chi connectivity index (χ2v) is 9.56. The molecule has 10 heteroatoms. The number of halogens is 3. The Morgan fingerprint density at radius 2 is 1.62 bits per heavy atom. The zero-order valence-corrected chi connectivity index (χ0v) is 22.5. The standard InChI is InChI=1S/C32H26F3N5O2/c1-36-32(42)26-17-22(9-10-27(26)35)25-8-5-11-37-30(25)28(16-20-14-23(33)18-24(34)15-20)39-29(41)19-40-13-12-38-31(40)21-6-3-2-4-7-21/h2-15,17-18,28H,16,19H2,1H3,(H,36,42)(H,39,41)/t28-/m0/s1. The molecule has 0 saturated heterocycles. The molecule has 0 aliphatic rings. The van der Waals surface area contributed by atoms with Gasteiger partial charge in [-0.15, -0.1) is 0 Å². The van der Waals surface area contributed by atoms with E-state index in [2.05, 4.69) is 20.6 Å². The van der Waals surface area contributed by atoms with Crippen LogP contribution in [0.1, 0.15) is 27.7 Å². The molecule has 0 unspecified atom stereocenters. The fourth-order valence-electron chi connectivity index (χ4n) is 4.80. The van der Waals surface area contributed by atoms with E-state index in [0.29, 0.717) is 28.2 Å². The molecule has 0 bridgehead atoms. The quantitative estimate of drug-likeness (QED) is 0.246. The van der Waals surface area contributed by atoms with Crippen molar-refractivity contribution in [2.24, 2.45) is 0 Å². The Bertz CT molecular complexity index is 1720. The maximum Gasteiger partial charge on any atom is 0.254 e. The maximum atomic E-state index is 14.4. The Hall–Kier alpha value is -5.25. The van der Waals surface area contributed by atoms with E-state index in [9.17, 15) is 22.8 Å². The van der Waals surface area contributed by atoms with E-state index >= 15 is 0 Å². The van der Waals surface area contributed by atoms with Crippen LogP contribution in [0, 0.1) is 17.5 Å². The highest BCUT2D eigenvalue weighted by atomic mass is 19.1. The van der Waals surface area contributed by atoms with Gasteiger partial charge in [-0.3, -0.25) is 14.6 Å². The molecule has 3 aromatic carbocycles. The van der Waals surface area contributed by atoms with Crippen molar-refractivity contribution in [2.45, 2.75) is 19.0 Å². The number of benzene rings is 3. The van der Waals surface area contributed by atoms with Gasteiger partial charge in [0.15, 0.2) is 0 Å². The summed E-state index contributed by atoms with van der Waals surface area (Å²) in [6.45, 7) is -0.0855. The van der Waals surface area contributed by atoms with Crippen LogP contribution in [0.2, 0.25) is 0 Å². The fraction of sp³-hybridized carbons (Fsp3) is 0.125. The maximum absolute atomic E-state index is 14.4. The van der Waals surface area contributed by atoms with Gasteiger partial charge < -0.3 is 15.2 Å². The Morgan fingerprint density at radius 1 is 0.857 bits per heavy atom. The summed E-state index contributed by atoms with van der Waals surface area (Å²) in [7, 11) is 1.40. The first-order valence-electron chi connectivity index (χ1n) is 13.1. The third-order valence-corrected chi connectivity index (χ3v) is 6.68. The van der Waals surface area contributed by atoms with Crippen molar-refractivity contribution in [3.63, 3.8) is 0 Å². The number of aromatic nitrogens is 3. The van der Waals surface area contributed by atoms with Crippen LogP contribution in [0.5, 0.6) is 0 Å². The van der Waals surface area contributed by atoms with Gasteiger partial charge in [-0.25, -0.2) is 18.2 Å². The molecule has 7 nitrogen and oxygen atoms in total. The molecule has 0 spiro atoms. The normalized spacial score (nSPS) is 11.6. The van der Waals surface area contributed by atoms with E-state index in [1.165, 1.54) is 43.6 Å². The molecule has 0 fully saturated rings. The predicted molar refractivity (Wildman–Crippen MR) is 152 cm³/mol. The van der Waals surface area contributed by atoms with Crippen molar-refractivity contribution >= 4 is 11.8 Å². The van der Waals surface area contributed by atoms with Crippen LogP contribution in [0.3, 0.4) is 0 Å². The summed E-state index contributed by atoms with van der Waals surface area (Å²) < 4.78 is 44.4. The molecule has 212 valence electrons. The van der Waals surface area contributed by atoms with Crippen LogP contribution in [0.15, 0.2) is 97.5 Å².